The molecule has 0 spiro atoms. The Morgan fingerprint density at radius 1 is 0.840 bits per heavy atom. The van der Waals surface area contributed by atoms with Crippen LogP contribution in [0.4, 0.5) is 34.1 Å². The predicted octanol–water partition coefficient (Wildman–Crippen LogP) is 4.02. The first-order valence-electron chi connectivity index (χ1n) is 7.73. The highest BCUT2D eigenvalue weighted by Crippen LogP contribution is 2.44. The third-order valence-corrected chi connectivity index (χ3v) is 4.21. The lowest BCUT2D eigenvalue weighted by molar-refractivity contribution is 0.0698. The normalized spacial score (nSPS) is 11.7. The monoisotopic (exact) mass is 332 g/mol. The van der Waals surface area contributed by atoms with Crippen LogP contribution in [0, 0.1) is 0 Å². The van der Waals surface area contributed by atoms with Gasteiger partial charge in [0.1, 0.15) is 0 Å². The lowest BCUT2D eigenvalue weighted by atomic mass is 10.0. The van der Waals surface area contributed by atoms with Crippen LogP contribution in [0.15, 0.2) is 54.6 Å². The van der Waals surface area contributed by atoms with Crippen molar-refractivity contribution >= 4 is 40.1 Å². The number of nitrogens with one attached hydrogen (secondary N) is 2. The van der Waals surface area contributed by atoms with Gasteiger partial charge in [-0.25, -0.2) is 4.79 Å². The number of anilines is 6. The number of aromatic carboxylic acids is 1. The molecular weight excluding hydrogens is 316 g/mol. The fraction of sp³-hybridized carbons (Fsp3) is 0. The zero-order valence-electron chi connectivity index (χ0n) is 13.2. The van der Waals surface area contributed by atoms with Crippen LogP contribution in [0.3, 0.4) is 0 Å². The Bertz CT molecular complexity index is 1000. The zero-order valence-corrected chi connectivity index (χ0v) is 13.2. The minimum absolute atomic E-state index is 0.0675. The first-order valence-corrected chi connectivity index (χ1v) is 7.73. The van der Waals surface area contributed by atoms with Gasteiger partial charge in [0.25, 0.3) is 0 Å². The summed E-state index contributed by atoms with van der Waals surface area (Å²) in [5.41, 5.74) is 17.1. The Balaban J connectivity index is 1.90. The Hall–Kier alpha value is -3.67. The van der Waals surface area contributed by atoms with E-state index in [1.807, 2.05) is 48.5 Å². The second-order valence-electron chi connectivity index (χ2n) is 5.90. The van der Waals surface area contributed by atoms with Gasteiger partial charge in [0, 0.05) is 11.4 Å². The van der Waals surface area contributed by atoms with Crippen molar-refractivity contribution in [1.82, 2.24) is 0 Å². The van der Waals surface area contributed by atoms with Crippen molar-refractivity contribution in [2.75, 3.05) is 22.1 Å². The van der Waals surface area contributed by atoms with E-state index in [1.54, 1.807) is 0 Å². The van der Waals surface area contributed by atoms with Crippen LogP contribution in [0.2, 0.25) is 0 Å². The van der Waals surface area contributed by atoms with E-state index in [4.69, 9.17) is 11.5 Å². The molecule has 2 bridgehead atoms. The molecule has 3 aromatic carbocycles. The maximum absolute atomic E-state index is 11.6. The summed E-state index contributed by atoms with van der Waals surface area (Å²) in [5, 5.41) is 15.9. The second kappa shape index (κ2) is 5.45. The average Bonchev–Trinajstić information content (AvgIpc) is 2.74. The predicted molar refractivity (Wildman–Crippen MR) is 101 cm³/mol. The fourth-order valence-electron chi connectivity index (χ4n) is 3.01. The minimum atomic E-state index is -1.07. The first kappa shape index (κ1) is 14.9. The quantitative estimate of drug-likeness (QED) is 0.354. The van der Waals surface area contributed by atoms with Gasteiger partial charge in [-0.3, -0.25) is 0 Å². The van der Waals surface area contributed by atoms with E-state index in [1.165, 1.54) is 6.07 Å². The molecule has 6 nitrogen and oxygen atoms in total. The maximum Gasteiger partial charge on any atom is 0.337 e. The Kier molecular flexibility index (Phi) is 3.25. The van der Waals surface area contributed by atoms with Crippen LogP contribution in [0.5, 0.6) is 0 Å². The van der Waals surface area contributed by atoms with Gasteiger partial charge >= 0.3 is 5.97 Å². The lowest BCUT2D eigenvalue weighted by Crippen LogP contribution is -2.09. The van der Waals surface area contributed by atoms with Crippen molar-refractivity contribution in [3.63, 3.8) is 0 Å². The fourth-order valence-corrected chi connectivity index (χ4v) is 3.01. The summed E-state index contributed by atoms with van der Waals surface area (Å²) in [6, 6.07) is 17.2. The molecule has 7 N–H and O–H groups in total. The van der Waals surface area contributed by atoms with Gasteiger partial charge in [-0.2, -0.15) is 0 Å². The smallest absolute Gasteiger partial charge is 0.337 e. The number of carboxylic acids is 1. The zero-order chi connectivity index (χ0) is 17.6. The van der Waals surface area contributed by atoms with E-state index >= 15 is 0 Å². The minimum Gasteiger partial charge on any atom is -0.478 e. The number of benzene rings is 3. The van der Waals surface area contributed by atoms with Crippen LogP contribution >= 0.6 is 0 Å². The molecule has 6 heteroatoms. The number of fused-ring (bicyclic) bond motifs is 3. The molecule has 124 valence electrons. The van der Waals surface area contributed by atoms with E-state index in [0.717, 1.165) is 22.5 Å². The molecule has 3 aromatic rings. The van der Waals surface area contributed by atoms with Gasteiger partial charge in [0.15, 0.2) is 0 Å². The van der Waals surface area contributed by atoms with Gasteiger partial charge < -0.3 is 27.2 Å². The van der Waals surface area contributed by atoms with Gasteiger partial charge in [-0.15, -0.1) is 0 Å². The van der Waals surface area contributed by atoms with Crippen LogP contribution in [-0.4, -0.2) is 11.1 Å². The molecule has 0 aliphatic carbocycles. The van der Waals surface area contributed by atoms with E-state index < -0.39 is 5.97 Å². The summed E-state index contributed by atoms with van der Waals surface area (Å²) in [6.45, 7) is 0. The molecule has 1 heterocycles. The van der Waals surface area contributed by atoms with Gasteiger partial charge in [-0.1, -0.05) is 30.3 Å². The number of rotatable bonds is 2. The topological polar surface area (TPSA) is 113 Å². The van der Waals surface area contributed by atoms with E-state index in [-0.39, 0.29) is 11.3 Å². The average molecular weight is 332 g/mol. The molecule has 0 atom stereocenters. The summed E-state index contributed by atoms with van der Waals surface area (Å²) in [4.78, 5) is 11.6. The molecular formula is C19H16N4O2. The first-order chi connectivity index (χ1) is 12.0. The summed E-state index contributed by atoms with van der Waals surface area (Å²) in [6.07, 6.45) is 0. The summed E-state index contributed by atoms with van der Waals surface area (Å²) in [7, 11) is 0. The van der Waals surface area contributed by atoms with Crippen molar-refractivity contribution in [2.45, 2.75) is 0 Å². The van der Waals surface area contributed by atoms with Crippen LogP contribution in [-0.2, 0) is 0 Å². The molecule has 1 aliphatic heterocycles. The van der Waals surface area contributed by atoms with Gasteiger partial charge in [0.2, 0.25) is 0 Å². The molecule has 1 aliphatic rings. The molecule has 0 aromatic heterocycles. The summed E-state index contributed by atoms with van der Waals surface area (Å²) in [5.74, 6) is -1.07. The highest BCUT2D eigenvalue weighted by Gasteiger charge is 2.22. The molecule has 25 heavy (non-hydrogen) atoms. The summed E-state index contributed by atoms with van der Waals surface area (Å²) < 4.78 is 0. The molecule has 0 fully saturated rings. The van der Waals surface area contributed by atoms with Crippen molar-refractivity contribution in [3.8, 4) is 11.1 Å². The number of nitrogen functional groups attached to an aromatic ring is 2. The van der Waals surface area contributed by atoms with E-state index in [0.29, 0.717) is 17.1 Å². The molecule has 0 radical (unpaired) electrons. The van der Waals surface area contributed by atoms with Crippen LogP contribution in [0.1, 0.15) is 10.4 Å². The number of carboxylic acid groups (broad SMARTS) is 1. The molecule has 0 saturated heterocycles. The Morgan fingerprint density at radius 3 is 2.12 bits per heavy atom. The van der Waals surface area contributed by atoms with E-state index in [2.05, 4.69) is 10.6 Å². The van der Waals surface area contributed by atoms with Crippen molar-refractivity contribution < 1.29 is 9.90 Å². The van der Waals surface area contributed by atoms with Crippen LogP contribution < -0.4 is 22.1 Å². The Morgan fingerprint density at radius 2 is 1.48 bits per heavy atom. The number of hydrogen-bond acceptors (Lipinski definition) is 5. The second-order valence-corrected chi connectivity index (χ2v) is 5.90. The Labute approximate surface area is 144 Å². The van der Waals surface area contributed by atoms with Crippen molar-refractivity contribution in [3.05, 3.63) is 60.2 Å². The van der Waals surface area contributed by atoms with Crippen molar-refractivity contribution in [2.24, 2.45) is 0 Å². The number of carbonyl (C=O) groups is 1. The SMILES string of the molecule is Nc1cc(C(=O)O)c2c(c1N)Nc1cc(cc(-c3ccccc3)c1)N2. The molecule has 4 rings (SSSR count). The third kappa shape index (κ3) is 2.49. The lowest BCUT2D eigenvalue weighted by Gasteiger charge is -2.16. The highest BCUT2D eigenvalue weighted by molar-refractivity contribution is 6.07. The van der Waals surface area contributed by atoms with E-state index in [9.17, 15) is 9.90 Å². The third-order valence-electron chi connectivity index (χ3n) is 4.21. The summed E-state index contributed by atoms with van der Waals surface area (Å²) >= 11 is 0. The number of hydrogen-bond donors (Lipinski definition) is 5. The molecule has 0 saturated carbocycles. The molecule has 0 amide bonds. The number of nitrogens with two attached hydrogens (primary N) is 2. The van der Waals surface area contributed by atoms with Gasteiger partial charge in [0.05, 0.1) is 28.3 Å². The van der Waals surface area contributed by atoms with Crippen molar-refractivity contribution in [1.29, 1.82) is 0 Å². The van der Waals surface area contributed by atoms with Crippen LogP contribution in [0.25, 0.3) is 11.1 Å². The highest BCUT2D eigenvalue weighted by atomic mass is 16.4. The largest absolute Gasteiger partial charge is 0.478 e. The van der Waals surface area contributed by atoms with Gasteiger partial charge in [-0.05, 0) is 35.4 Å². The maximum atomic E-state index is 11.6. The molecule has 0 unspecified atom stereocenters. The standard InChI is InChI=1S/C19H16N4O2/c20-15-9-14(19(24)25)17-18(16(15)21)23-13-7-11(6-12(8-13)22-17)10-4-2-1-3-5-10/h1-9,22-23H,20-21H2,(H,24,25).